The number of aromatic hydroxyl groups is 1. The minimum atomic E-state index is -1.31. The molecule has 8 nitrogen and oxygen atoms in total. The second-order valence-corrected chi connectivity index (χ2v) is 5.22. The van der Waals surface area contributed by atoms with Crippen LogP contribution in [0.15, 0.2) is 30.3 Å². The van der Waals surface area contributed by atoms with Crippen LogP contribution in [0, 0.1) is 21.7 Å². The van der Waals surface area contributed by atoms with Gasteiger partial charge in [-0.3, -0.25) is 14.9 Å². The SMILES string of the molecule is CCOCCOc1cc([N+](=O)[O-])ccc1NC(=O)c1cc(F)c(F)cc1O. The molecule has 0 spiro atoms. The van der Waals surface area contributed by atoms with Crippen LogP contribution < -0.4 is 10.1 Å². The maximum absolute atomic E-state index is 13.3. The van der Waals surface area contributed by atoms with Crippen LogP contribution in [0.5, 0.6) is 11.5 Å². The van der Waals surface area contributed by atoms with Crippen LogP contribution in [0.25, 0.3) is 0 Å². The van der Waals surface area contributed by atoms with E-state index in [0.29, 0.717) is 18.7 Å². The number of hydrogen-bond acceptors (Lipinski definition) is 6. The Labute approximate surface area is 152 Å². The van der Waals surface area contributed by atoms with E-state index in [4.69, 9.17) is 9.47 Å². The van der Waals surface area contributed by atoms with Crippen molar-refractivity contribution in [3.63, 3.8) is 0 Å². The first-order valence-corrected chi connectivity index (χ1v) is 7.81. The average Bonchev–Trinajstić information content (AvgIpc) is 2.62. The smallest absolute Gasteiger partial charge is 0.273 e. The van der Waals surface area contributed by atoms with Gasteiger partial charge in [0.1, 0.15) is 18.1 Å². The van der Waals surface area contributed by atoms with Gasteiger partial charge in [-0.1, -0.05) is 0 Å². The molecule has 0 unspecified atom stereocenters. The van der Waals surface area contributed by atoms with E-state index in [1.165, 1.54) is 6.07 Å². The lowest BCUT2D eigenvalue weighted by Crippen LogP contribution is -2.15. The van der Waals surface area contributed by atoms with Crippen LogP contribution >= 0.6 is 0 Å². The van der Waals surface area contributed by atoms with Crippen LogP contribution in [0.2, 0.25) is 0 Å². The summed E-state index contributed by atoms with van der Waals surface area (Å²) in [6.45, 7) is 2.52. The second kappa shape index (κ2) is 8.90. The largest absolute Gasteiger partial charge is 0.507 e. The third-order valence-corrected chi connectivity index (χ3v) is 3.40. The summed E-state index contributed by atoms with van der Waals surface area (Å²) >= 11 is 0. The second-order valence-electron chi connectivity index (χ2n) is 5.22. The van der Waals surface area contributed by atoms with Crippen molar-refractivity contribution in [1.82, 2.24) is 0 Å². The first-order chi connectivity index (χ1) is 12.8. The Kier molecular flexibility index (Phi) is 6.61. The van der Waals surface area contributed by atoms with Crippen LogP contribution in [-0.2, 0) is 4.74 Å². The summed E-state index contributed by atoms with van der Waals surface area (Å²) in [5.74, 6) is -4.34. The van der Waals surface area contributed by atoms with Crippen molar-refractivity contribution in [3.8, 4) is 11.5 Å². The number of phenols is 1. The van der Waals surface area contributed by atoms with Gasteiger partial charge in [-0.05, 0) is 19.1 Å². The Morgan fingerprint density at radius 1 is 1.22 bits per heavy atom. The molecule has 10 heteroatoms. The molecule has 1 amide bonds. The van der Waals surface area contributed by atoms with E-state index in [0.717, 1.165) is 12.1 Å². The highest BCUT2D eigenvalue weighted by Crippen LogP contribution is 2.31. The zero-order valence-corrected chi connectivity index (χ0v) is 14.2. The number of anilines is 1. The lowest BCUT2D eigenvalue weighted by molar-refractivity contribution is -0.384. The number of nitro benzene ring substituents is 1. The van der Waals surface area contributed by atoms with Gasteiger partial charge in [-0.2, -0.15) is 0 Å². The Hall–Kier alpha value is -3.27. The molecular formula is C17H16F2N2O6. The van der Waals surface area contributed by atoms with Gasteiger partial charge >= 0.3 is 0 Å². The Balaban J connectivity index is 2.27. The fourth-order valence-electron chi connectivity index (χ4n) is 2.11. The molecule has 0 saturated carbocycles. The van der Waals surface area contributed by atoms with E-state index in [9.17, 15) is 28.8 Å². The molecule has 0 saturated heterocycles. The number of carbonyl (C=O) groups excluding carboxylic acids is 1. The van der Waals surface area contributed by atoms with Crippen molar-refractivity contribution in [1.29, 1.82) is 0 Å². The molecule has 144 valence electrons. The summed E-state index contributed by atoms with van der Waals surface area (Å²) in [6.07, 6.45) is 0. The van der Waals surface area contributed by atoms with Crippen molar-refractivity contribution in [2.24, 2.45) is 0 Å². The minimum absolute atomic E-state index is 0.0145. The van der Waals surface area contributed by atoms with Gasteiger partial charge in [0.05, 0.1) is 28.8 Å². The molecule has 0 atom stereocenters. The Morgan fingerprint density at radius 2 is 1.93 bits per heavy atom. The van der Waals surface area contributed by atoms with E-state index >= 15 is 0 Å². The zero-order valence-electron chi connectivity index (χ0n) is 14.2. The number of non-ortho nitro benzene ring substituents is 1. The molecule has 2 aromatic rings. The molecule has 0 aliphatic heterocycles. The molecule has 0 aromatic heterocycles. The van der Waals surface area contributed by atoms with E-state index in [1.54, 1.807) is 6.92 Å². The number of amides is 1. The molecule has 0 heterocycles. The van der Waals surface area contributed by atoms with Crippen molar-refractivity contribution in [3.05, 3.63) is 57.6 Å². The van der Waals surface area contributed by atoms with Crippen LogP contribution in [0.4, 0.5) is 20.2 Å². The van der Waals surface area contributed by atoms with Gasteiger partial charge in [0.25, 0.3) is 11.6 Å². The highest BCUT2D eigenvalue weighted by Gasteiger charge is 2.19. The third kappa shape index (κ3) is 5.11. The summed E-state index contributed by atoms with van der Waals surface area (Å²) in [5.41, 5.74) is -0.728. The summed E-state index contributed by atoms with van der Waals surface area (Å²) in [6, 6.07) is 4.48. The fraction of sp³-hybridized carbons (Fsp3) is 0.235. The summed E-state index contributed by atoms with van der Waals surface area (Å²) in [7, 11) is 0. The topological polar surface area (TPSA) is 111 Å². The first-order valence-electron chi connectivity index (χ1n) is 7.81. The zero-order chi connectivity index (χ0) is 20.0. The highest BCUT2D eigenvalue weighted by atomic mass is 19.2. The number of ether oxygens (including phenoxy) is 2. The normalized spacial score (nSPS) is 10.5. The standard InChI is InChI=1S/C17H16F2N2O6/c1-2-26-5-6-27-16-7-10(21(24)25)3-4-14(16)20-17(23)11-8-12(18)13(19)9-15(11)22/h3-4,7-9,22H,2,5-6H2,1H3,(H,20,23). The first kappa shape index (κ1) is 20.0. The van der Waals surface area contributed by atoms with E-state index < -0.39 is 33.8 Å². The number of nitro groups is 1. The number of hydrogen-bond donors (Lipinski definition) is 2. The summed E-state index contributed by atoms with van der Waals surface area (Å²) in [5, 5.41) is 22.9. The lowest BCUT2D eigenvalue weighted by atomic mass is 10.1. The van der Waals surface area contributed by atoms with E-state index in [2.05, 4.69) is 5.32 Å². The minimum Gasteiger partial charge on any atom is -0.507 e. The quantitative estimate of drug-likeness (QED) is 0.412. The van der Waals surface area contributed by atoms with Crippen LogP contribution in [-0.4, -0.2) is 35.8 Å². The van der Waals surface area contributed by atoms with Gasteiger partial charge < -0.3 is 19.9 Å². The maximum atomic E-state index is 13.3. The summed E-state index contributed by atoms with van der Waals surface area (Å²) in [4.78, 5) is 22.6. The average molecular weight is 382 g/mol. The number of benzene rings is 2. The molecule has 2 aromatic carbocycles. The molecule has 0 fully saturated rings. The summed E-state index contributed by atoms with van der Waals surface area (Å²) < 4.78 is 36.9. The van der Waals surface area contributed by atoms with Gasteiger partial charge in [-0.25, -0.2) is 8.78 Å². The van der Waals surface area contributed by atoms with Crippen LogP contribution in [0.3, 0.4) is 0 Å². The number of nitrogens with zero attached hydrogens (tertiary/aromatic N) is 1. The van der Waals surface area contributed by atoms with Gasteiger partial charge in [0, 0.05) is 18.7 Å². The molecular weight excluding hydrogens is 366 g/mol. The predicted molar refractivity (Wildman–Crippen MR) is 91.1 cm³/mol. The highest BCUT2D eigenvalue weighted by molar-refractivity contribution is 6.06. The van der Waals surface area contributed by atoms with Gasteiger partial charge in [0.15, 0.2) is 11.6 Å². The number of rotatable bonds is 8. The van der Waals surface area contributed by atoms with Crippen molar-refractivity contribution < 1.29 is 33.1 Å². The van der Waals surface area contributed by atoms with Crippen molar-refractivity contribution in [2.75, 3.05) is 25.1 Å². The maximum Gasteiger partial charge on any atom is 0.273 e. The van der Waals surface area contributed by atoms with Crippen molar-refractivity contribution >= 4 is 17.3 Å². The number of nitrogens with one attached hydrogen (secondary N) is 1. The Bertz CT molecular complexity index is 860. The molecule has 0 aliphatic carbocycles. The molecule has 2 rings (SSSR count). The fourth-order valence-corrected chi connectivity index (χ4v) is 2.11. The monoisotopic (exact) mass is 382 g/mol. The Morgan fingerprint density at radius 3 is 2.59 bits per heavy atom. The molecule has 27 heavy (non-hydrogen) atoms. The molecule has 0 bridgehead atoms. The molecule has 0 radical (unpaired) electrons. The number of halogens is 2. The lowest BCUT2D eigenvalue weighted by Gasteiger charge is -2.13. The predicted octanol–water partition coefficient (Wildman–Crippen LogP) is 3.25. The number of phenolic OH excluding ortho intramolecular Hbond substituents is 1. The van der Waals surface area contributed by atoms with E-state index in [-0.39, 0.29) is 30.3 Å². The van der Waals surface area contributed by atoms with Crippen LogP contribution in [0.1, 0.15) is 17.3 Å². The number of carbonyl (C=O) groups is 1. The third-order valence-electron chi connectivity index (χ3n) is 3.40. The molecule has 2 N–H and O–H groups in total. The molecule has 0 aliphatic rings. The van der Waals surface area contributed by atoms with E-state index in [1.807, 2.05) is 0 Å². The van der Waals surface area contributed by atoms with Gasteiger partial charge in [-0.15, -0.1) is 0 Å². The van der Waals surface area contributed by atoms with Crippen molar-refractivity contribution in [2.45, 2.75) is 6.92 Å². The van der Waals surface area contributed by atoms with Gasteiger partial charge in [0.2, 0.25) is 0 Å².